The molecule has 0 aliphatic rings. The average Bonchev–Trinajstić information content (AvgIpc) is 3.35. The smallest absolute Gasteiger partial charge is 0.295 e. The van der Waals surface area contributed by atoms with Crippen LogP contribution in [0.1, 0.15) is 27.3 Å². The minimum atomic E-state index is -0.362. The summed E-state index contributed by atoms with van der Waals surface area (Å²) in [6, 6.07) is 15.4. The molecule has 1 N–H and O–H groups in total. The van der Waals surface area contributed by atoms with Crippen LogP contribution in [0, 0.1) is 20.8 Å². The van der Waals surface area contributed by atoms with Gasteiger partial charge in [-0.2, -0.15) is 0 Å². The highest BCUT2D eigenvalue weighted by atomic mass is 16.3. The van der Waals surface area contributed by atoms with Crippen LogP contribution in [0.25, 0.3) is 17.1 Å². The van der Waals surface area contributed by atoms with E-state index in [0.717, 1.165) is 22.4 Å². The number of rotatable bonds is 4. The molecule has 6 heteroatoms. The highest BCUT2D eigenvalue weighted by Crippen LogP contribution is 2.22. The first-order valence-electron chi connectivity index (χ1n) is 8.96. The summed E-state index contributed by atoms with van der Waals surface area (Å²) in [7, 11) is 0. The van der Waals surface area contributed by atoms with Gasteiger partial charge in [0.2, 0.25) is 5.82 Å². The van der Waals surface area contributed by atoms with Crippen molar-refractivity contribution in [1.29, 1.82) is 0 Å². The molecule has 0 fully saturated rings. The van der Waals surface area contributed by atoms with Crippen LogP contribution in [0.15, 0.2) is 65.5 Å². The van der Waals surface area contributed by atoms with E-state index in [9.17, 15) is 4.79 Å². The second kappa shape index (κ2) is 7.15. The van der Waals surface area contributed by atoms with Crippen LogP contribution in [-0.2, 0) is 0 Å². The number of carbonyl (C=O) groups is 1. The first kappa shape index (κ1) is 17.7. The van der Waals surface area contributed by atoms with E-state index < -0.39 is 0 Å². The van der Waals surface area contributed by atoms with Crippen molar-refractivity contribution in [3.63, 3.8) is 0 Å². The summed E-state index contributed by atoms with van der Waals surface area (Å²) in [5.74, 6) is 0.275. The number of nitrogens with one attached hydrogen (secondary N) is 1. The number of carbonyl (C=O) groups excluding carboxylic acids is 1. The zero-order valence-corrected chi connectivity index (χ0v) is 15.9. The van der Waals surface area contributed by atoms with Gasteiger partial charge in [0, 0.05) is 5.69 Å². The molecule has 2 aromatic carbocycles. The minimum absolute atomic E-state index is 0.0926. The number of anilines is 1. The van der Waals surface area contributed by atoms with Gasteiger partial charge in [-0.05, 0) is 62.2 Å². The number of aryl methyl sites for hydroxylation is 3. The highest BCUT2D eigenvalue weighted by molar-refractivity contribution is 6.01. The van der Waals surface area contributed by atoms with Gasteiger partial charge < -0.3 is 9.73 Å². The van der Waals surface area contributed by atoms with Crippen LogP contribution in [0.2, 0.25) is 0 Å². The number of amides is 1. The number of aromatic nitrogens is 3. The summed E-state index contributed by atoms with van der Waals surface area (Å²) in [6.07, 6.45) is 3.15. The fraction of sp³-hybridized carbons (Fsp3) is 0.136. The number of nitrogens with zero attached hydrogens (tertiary/aromatic N) is 3. The lowest BCUT2D eigenvalue weighted by Gasteiger charge is -2.06. The molecular weight excluding hydrogens is 352 g/mol. The fourth-order valence-electron chi connectivity index (χ4n) is 2.86. The topological polar surface area (TPSA) is 73.0 Å². The predicted octanol–water partition coefficient (Wildman–Crippen LogP) is 4.70. The van der Waals surface area contributed by atoms with Crippen molar-refractivity contribution in [2.45, 2.75) is 20.8 Å². The van der Waals surface area contributed by atoms with Crippen molar-refractivity contribution >= 4 is 11.6 Å². The first-order chi connectivity index (χ1) is 13.5. The van der Waals surface area contributed by atoms with Crippen molar-refractivity contribution in [2.24, 2.45) is 0 Å². The zero-order chi connectivity index (χ0) is 19.7. The van der Waals surface area contributed by atoms with Crippen LogP contribution < -0.4 is 5.32 Å². The van der Waals surface area contributed by atoms with Gasteiger partial charge in [0.1, 0.15) is 6.26 Å². The average molecular weight is 372 g/mol. The summed E-state index contributed by atoms with van der Waals surface area (Å²) in [6.45, 7) is 6.06. The molecule has 2 heterocycles. The van der Waals surface area contributed by atoms with E-state index >= 15 is 0 Å². The number of hydrogen-bond donors (Lipinski definition) is 1. The van der Waals surface area contributed by atoms with Gasteiger partial charge in [0.25, 0.3) is 5.91 Å². The normalized spacial score (nSPS) is 10.8. The molecule has 2 aromatic heterocycles. The zero-order valence-electron chi connectivity index (χ0n) is 15.9. The Morgan fingerprint density at radius 2 is 1.79 bits per heavy atom. The van der Waals surface area contributed by atoms with E-state index in [-0.39, 0.29) is 11.7 Å². The van der Waals surface area contributed by atoms with E-state index in [1.54, 1.807) is 23.3 Å². The monoisotopic (exact) mass is 372 g/mol. The number of furan rings is 1. The number of benzene rings is 2. The fourth-order valence-corrected chi connectivity index (χ4v) is 2.86. The summed E-state index contributed by atoms with van der Waals surface area (Å²) in [5.41, 5.74) is 5.70. The molecule has 1 amide bonds. The minimum Gasteiger partial charge on any atom is -0.472 e. The van der Waals surface area contributed by atoms with Crippen molar-refractivity contribution in [3.8, 4) is 17.1 Å². The molecule has 0 spiro atoms. The Kier molecular flexibility index (Phi) is 4.53. The summed E-state index contributed by atoms with van der Waals surface area (Å²) >= 11 is 0. The maximum atomic E-state index is 12.8. The Hall–Kier alpha value is -3.67. The lowest BCUT2D eigenvalue weighted by atomic mass is 10.1. The Labute approximate surface area is 162 Å². The molecule has 0 aliphatic carbocycles. The predicted molar refractivity (Wildman–Crippen MR) is 108 cm³/mol. The maximum Gasteiger partial charge on any atom is 0.295 e. The third-order valence-electron chi connectivity index (χ3n) is 4.63. The molecule has 28 heavy (non-hydrogen) atoms. The Morgan fingerprint density at radius 3 is 2.46 bits per heavy atom. The maximum absolute atomic E-state index is 12.8. The SMILES string of the molecule is Cc1ccc(-n2nc(C(=O)Nc3ccc(C)c(C)c3)nc2-c2ccoc2)cc1. The molecule has 0 unspecified atom stereocenters. The standard InChI is InChI=1S/C22H20N4O2/c1-14-4-8-19(9-5-14)26-21(17-10-11-28-13-17)24-20(25-26)22(27)23-18-7-6-15(2)16(3)12-18/h4-13H,1-3H3,(H,23,27). The van der Waals surface area contributed by atoms with Gasteiger partial charge in [-0.15, -0.1) is 5.10 Å². The molecule has 0 aliphatic heterocycles. The van der Waals surface area contributed by atoms with Crippen molar-refractivity contribution in [3.05, 3.63) is 83.6 Å². The van der Waals surface area contributed by atoms with Gasteiger partial charge in [-0.1, -0.05) is 23.8 Å². The summed E-state index contributed by atoms with van der Waals surface area (Å²) in [5, 5.41) is 7.33. The molecule has 0 radical (unpaired) electrons. The number of hydrogen-bond acceptors (Lipinski definition) is 4. The first-order valence-corrected chi connectivity index (χ1v) is 8.96. The third kappa shape index (κ3) is 3.44. The third-order valence-corrected chi connectivity index (χ3v) is 4.63. The van der Waals surface area contributed by atoms with E-state index in [1.807, 2.05) is 63.2 Å². The molecule has 6 nitrogen and oxygen atoms in total. The van der Waals surface area contributed by atoms with Crippen LogP contribution in [0.3, 0.4) is 0 Å². The molecule has 0 bridgehead atoms. The van der Waals surface area contributed by atoms with E-state index in [0.29, 0.717) is 11.5 Å². The lowest BCUT2D eigenvalue weighted by Crippen LogP contribution is -2.14. The van der Waals surface area contributed by atoms with E-state index in [2.05, 4.69) is 15.4 Å². The van der Waals surface area contributed by atoms with Gasteiger partial charge in [0.15, 0.2) is 5.82 Å². The van der Waals surface area contributed by atoms with Crippen molar-refractivity contribution in [2.75, 3.05) is 5.32 Å². The quantitative estimate of drug-likeness (QED) is 0.563. The van der Waals surface area contributed by atoms with Crippen LogP contribution in [-0.4, -0.2) is 20.7 Å². The van der Waals surface area contributed by atoms with Crippen LogP contribution >= 0.6 is 0 Å². The molecule has 140 valence electrons. The second-order valence-electron chi connectivity index (χ2n) is 6.77. The molecule has 0 atom stereocenters. The summed E-state index contributed by atoms with van der Waals surface area (Å²) in [4.78, 5) is 17.2. The van der Waals surface area contributed by atoms with Gasteiger partial charge in [-0.3, -0.25) is 4.79 Å². The summed E-state index contributed by atoms with van der Waals surface area (Å²) < 4.78 is 6.84. The van der Waals surface area contributed by atoms with Gasteiger partial charge in [-0.25, -0.2) is 9.67 Å². The van der Waals surface area contributed by atoms with Crippen LogP contribution in [0.4, 0.5) is 5.69 Å². The highest BCUT2D eigenvalue weighted by Gasteiger charge is 2.19. The van der Waals surface area contributed by atoms with E-state index in [1.165, 1.54) is 5.56 Å². The molecule has 0 saturated carbocycles. The molecule has 4 rings (SSSR count). The largest absolute Gasteiger partial charge is 0.472 e. The van der Waals surface area contributed by atoms with Gasteiger partial charge >= 0.3 is 0 Å². The molecule has 4 aromatic rings. The van der Waals surface area contributed by atoms with Crippen molar-refractivity contribution < 1.29 is 9.21 Å². The van der Waals surface area contributed by atoms with Gasteiger partial charge in [0.05, 0.1) is 17.5 Å². The Bertz CT molecular complexity index is 1130. The van der Waals surface area contributed by atoms with E-state index in [4.69, 9.17) is 4.42 Å². The Balaban J connectivity index is 1.71. The van der Waals surface area contributed by atoms with Crippen LogP contribution in [0.5, 0.6) is 0 Å². The lowest BCUT2D eigenvalue weighted by molar-refractivity contribution is 0.101. The second-order valence-corrected chi connectivity index (χ2v) is 6.77. The molecule has 0 saturated heterocycles. The Morgan fingerprint density at radius 1 is 1.00 bits per heavy atom. The molecular formula is C22H20N4O2. The van der Waals surface area contributed by atoms with Crippen molar-refractivity contribution in [1.82, 2.24) is 14.8 Å².